The molecule has 3 heteroatoms. The van der Waals surface area contributed by atoms with E-state index in [0.717, 1.165) is 0 Å². The maximum absolute atomic E-state index is 12.8. The zero-order valence-corrected chi connectivity index (χ0v) is 9.19. The van der Waals surface area contributed by atoms with Crippen molar-refractivity contribution in [1.82, 2.24) is 0 Å². The second kappa shape index (κ2) is 4.92. The predicted molar refractivity (Wildman–Crippen MR) is 56.5 cm³/mol. The standard InChI is InChI=1S/C11H8BrFO/c1-2-3-4-11(14)9-7-8(13)5-6-10(9)12/h5-7H,4H2,1H3. The molecule has 0 aliphatic rings. The first-order chi connectivity index (χ1) is 6.65. The molecule has 0 aliphatic carbocycles. The van der Waals surface area contributed by atoms with Crippen LogP contribution in [0.4, 0.5) is 4.39 Å². The molecule has 0 aliphatic heterocycles. The van der Waals surface area contributed by atoms with Gasteiger partial charge in [-0.1, -0.05) is 21.9 Å². The van der Waals surface area contributed by atoms with Crippen molar-refractivity contribution in [2.75, 3.05) is 0 Å². The molecular formula is C11H8BrFO. The quantitative estimate of drug-likeness (QED) is 0.586. The molecule has 0 radical (unpaired) electrons. The van der Waals surface area contributed by atoms with Crippen molar-refractivity contribution >= 4 is 21.7 Å². The first kappa shape index (κ1) is 10.9. The Labute approximate surface area is 90.4 Å². The molecule has 1 aromatic rings. The third-order valence-corrected chi connectivity index (χ3v) is 2.35. The van der Waals surface area contributed by atoms with Crippen LogP contribution in [0, 0.1) is 17.7 Å². The van der Waals surface area contributed by atoms with Gasteiger partial charge in [-0.25, -0.2) is 4.39 Å². The van der Waals surface area contributed by atoms with Gasteiger partial charge in [0.1, 0.15) is 5.82 Å². The van der Waals surface area contributed by atoms with E-state index in [4.69, 9.17) is 0 Å². The third-order valence-electron chi connectivity index (χ3n) is 1.65. The predicted octanol–water partition coefficient (Wildman–Crippen LogP) is 3.18. The lowest BCUT2D eigenvalue weighted by atomic mass is 10.1. The topological polar surface area (TPSA) is 17.1 Å². The van der Waals surface area contributed by atoms with E-state index in [0.29, 0.717) is 10.0 Å². The van der Waals surface area contributed by atoms with E-state index in [1.165, 1.54) is 18.2 Å². The Balaban J connectivity index is 2.98. The minimum absolute atomic E-state index is 0.124. The van der Waals surface area contributed by atoms with Crippen molar-refractivity contribution in [2.45, 2.75) is 13.3 Å². The normalized spacial score (nSPS) is 9.07. The Morgan fingerprint density at radius 1 is 1.57 bits per heavy atom. The van der Waals surface area contributed by atoms with Gasteiger partial charge in [-0.2, -0.15) is 0 Å². The van der Waals surface area contributed by atoms with Gasteiger partial charge >= 0.3 is 0 Å². The van der Waals surface area contributed by atoms with Crippen LogP contribution in [0.2, 0.25) is 0 Å². The van der Waals surface area contributed by atoms with Crippen LogP contribution in [-0.2, 0) is 0 Å². The number of halogens is 2. The minimum atomic E-state index is -0.416. The molecule has 0 spiro atoms. The number of benzene rings is 1. The molecule has 1 nitrogen and oxygen atoms in total. The lowest BCUT2D eigenvalue weighted by molar-refractivity contribution is 0.0997. The number of carbonyl (C=O) groups is 1. The molecule has 0 heterocycles. The van der Waals surface area contributed by atoms with Crippen LogP contribution < -0.4 is 0 Å². The van der Waals surface area contributed by atoms with Crippen LogP contribution >= 0.6 is 15.9 Å². The fraction of sp³-hybridized carbons (Fsp3) is 0.182. The highest BCUT2D eigenvalue weighted by molar-refractivity contribution is 9.10. The van der Waals surface area contributed by atoms with Gasteiger partial charge in [0.25, 0.3) is 0 Å². The van der Waals surface area contributed by atoms with Gasteiger partial charge in [-0.3, -0.25) is 4.79 Å². The minimum Gasteiger partial charge on any atom is -0.293 e. The highest BCUT2D eigenvalue weighted by Gasteiger charge is 2.09. The summed E-state index contributed by atoms with van der Waals surface area (Å²) in [5.74, 6) is 4.68. The van der Waals surface area contributed by atoms with E-state index in [1.54, 1.807) is 6.92 Å². The van der Waals surface area contributed by atoms with Crippen LogP contribution in [0.5, 0.6) is 0 Å². The van der Waals surface area contributed by atoms with E-state index in [-0.39, 0.29) is 12.2 Å². The van der Waals surface area contributed by atoms with Crippen molar-refractivity contribution in [1.29, 1.82) is 0 Å². The summed E-state index contributed by atoms with van der Waals surface area (Å²) in [7, 11) is 0. The van der Waals surface area contributed by atoms with Gasteiger partial charge in [0.2, 0.25) is 0 Å². The summed E-state index contributed by atoms with van der Waals surface area (Å²) >= 11 is 3.19. The molecule has 0 N–H and O–H groups in total. The molecular weight excluding hydrogens is 247 g/mol. The smallest absolute Gasteiger partial charge is 0.175 e. The summed E-state index contributed by atoms with van der Waals surface area (Å²) in [6.45, 7) is 1.66. The maximum atomic E-state index is 12.8. The second-order valence-electron chi connectivity index (χ2n) is 2.65. The molecule has 0 aromatic heterocycles. The highest BCUT2D eigenvalue weighted by atomic mass is 79.9. The molecule has 1 aromatic carbocycles. The fourth-order valence-corrected chi connectivity index (χ4v) is 1.44. The Kier molecular flexibility index (Phi) is 3.84. The SMILES string of the molecule is CC#CCC(=O)c1cc(F)ccc1Br. The first-order valence-electron chi connectivity index (χ1n) is 4.03. The van der Waals surface area contributed by atoms with Crippen LogP contribution in [0.25, 0.3) is 0 Å². The van der Waals surface area contributed by atoms with Crippen molar-refractivity contribution in [2.24, 2.45) is 0 Å². The molecule has 0 amide bonds. The molecule has 0 saturated heterocycles. The van der Waals surface area contributed by atoms with Crippen molar-refractivity contribution in [3.63, 3.8) is 0 Å². The molecule has 0 saturated carbocycles. The number of rotatable bonds is 2. The van der Waals surface area contributed by atoms with E-state index in [9.17, 15) is 9.18 Å². The van der Waals surface area contributed by atoms with Crippen molar-refractivity contribution in [3.8, 4) is 11.8 Å². The Bertz CT molecular complexity index is 415. The lowest BCUT2D eigenvalue weighted by Crippen LogP contribution is -1.99. The number of Topliss-reactive ketones (excluding diaryl/α,β-unsaturated/α-hetero) is 1. The number of hydrogen-bond acceptors (Lipinski definition) is 1. The van der Waals surface area contributed by atoms with Gasteiger partial charge in [0.15, 0.2) is 5.78 Å². The highest BCUT2D eigenvalue weighted by Crippen LogP contribution is 2.19. The third kappa shape index (κ3) is 2.68. The zero-order valence-electron chi connectivity index (χ0n) is 7.60. The molecule has 0 fully saturated rings. The van der Waals surface area contributed by atoms with Gasteiger partial charge < -0.3 is 0 Å². The average molecular weight is 255 g/mol. The maximum Gasteiger partial charge on any atom is 0.175 e. The summed E-state index contributed by atoms with van der Waals surface area (Å²) in [6.07, 6.45) is 0.124. The van der Waals surface area contributed by atoms with Crippen LogP contribution in [0.15, 0.2) is 22.7 Å². The number of carbonyl (C=O) groups excluding carboxylic acids is 1. The molecule has 0 bridgehead atoms. The van der Waals surface area contributed by atoms with Crippen LogP contribution in [0.3, 0.4) is 0 Å². The number of hydrogen-bond donors (Lipinski definition) is 0. The van der Waals surface area contributed by atoms with E-state index < -0.39 is 5.82 Å². The Hall–Kier alpha value is -1.14. The van der Waals surface area contributed by atoms with Crippen molar-refractivity contribution < 1.29 is 9.18 Å². The summed E-state index contributed by atoms with van der Waals surface area (Å²) in [5, 5.41) is 0. The van der Waals surface area contributed by atoms with E-state index in [1.807, 2.05) is 0 Å². The van der Waals surface area contributed by atoms with Gasteiger partial charge in [0.05, 0.1) is 6.42 Å². The molecule has 14 heavy (non-hydrogen) atoms. The molecule has 0 unspecified atom stereocenters. The second-order valence-corrected chi connectivity index (χ2v) is 3.51. The largest absolute Gasteiger partial charge is 0.293 e. The Morgan fingerprint density at radius 3 is 2.93 bits per heavy atom. The van der Waals surface area contributed by atoms with Crippen LogP contribution in [-0.4, -0.2) is 5.78 Å². The molecule has 72 valence electrons. The lowest BCUT2D eigenvalue weighted by Gasteiger charge is -2.00. The zero-order chi connectivity index (χ0) is 10.6. The summed E-state index contributed by atoms with van der Waals surface area (Å²) in [4.78, 5) is 11.5. The van der Waals surface area contributed by atoms with Gasteiger partial charge in [0, 0.05) is 10.0 Å². The van der Waals surface area contributed by atoms with Gasteiger partial charge in [-0.15, -0.1) is 5.92 Å². The summed E-state index contributed by atoms with van der Waals surface area (Å²) in [6, 6.07) is 4.03. The average Bonchev–Trinajstić information content (AvgIpc) is 2.18. The van der Waals surface area contributed by atoms with E-state index in [2.05, 4.69) is 27.8 Å². The van der Waals surface area contributed by atoms with E-state index >= 15 is 0 Å². The fourth-order valence-electron chi connectivity index (χ4n) is 0.975. The summed E-state index contributed by atoms with van der Waals surface area (Å²) < 4.78 is 13.4. The van der Waals surface area contributed by atoms with Crippen molar-refractivity contribution in [3.05, 3.63) is 34.1 Å². The Morgan fingerprint density at radius 2 is 2.29 bits per heavy atom. The molecule has 1 rings (SSSR count). The molecule has 0 atom stereocenters. The first-order valence-corrected chi connectivity index (χ1v) is 4.82. The summed E-state index contributed by atoms with van der Waals surface area (Å²) in [5.41, 5.74) is 0.341. The number of ketones is 1. The van der Waals surface area contributed by atoms with Gasteiger partial charge in [-0.05, 0) is 25.1 Å². The monoisotopic (exact) mass is 254 g/mol. The van der Waals surface area contributed by atoms with Crippen LogP contribution in [0.1, 0.15) is 23.7 Å².